The van der Waals surface area contributed by atoms with E-state index in [-0.39, 0.29) is 11.9 Å². The fourth-order valence-electron chi connectivity index (χ4n) is 1.93. The Morgan fingerprint density at radius 2 is 2.22 bits per heavy atom. The first-order valence-corrected chi connectivity index (χ1v) is 8.13. The summed E-state index contributed by atoms with van der Waals surface area (Å²) >= 11 is 5.09. The summed E-state index contributed by atoms with van der Waals surface area (Å²) in [4.78, 5) is 2.13. The minimum Gasteiger partial charge on any atom is -0.329 e. The van der Waals surface area contributed by atoms with Gasteiger partial charge in [0.1, 0.15) is 5.82 Å². The molecular formula is C13H20BrFN2S. The van der Waals surface area contributed by atoms with Crippen LogP contribution in [0.2, 0.25) is 0 Å². The van der Waals surface area contributed by atoms with E-state index in [1.807, 2.05) is 30.9 Å². The molecule has 2 nitrogen and oxygen atoms in total. The topological polar surface area (TPSA) is 29.3 Å². The molecule has 5 heteroatoms. The van der Waals surface area contributed by atoms with Crippen LogP contribution in [0.15, 0.2) is 22.7 Å². The molecule has 0 aliphatic rings. The molecule has 1 aromatic carbocycles. The van der Waals surface area contributed by atoms with E-state index >= 15 is 0 Å². The standard InChI is InChI=1S/C13H20BrFN2S/c1-17(6-3-7-18-2)13(9-16)11-5-4-10(14)8-12(11)15/h4-5,8,13H,3,6-7,9,16H2,1-2H3. The van der Waals surface area contributed by atoms with Crippen LogP contribution in [-0.4, -0.2) is 37.0 Å². The van der Waals surface area contributed by atoms with E-state index in [0.29, 0.717) is 12.1 Å². The summed E-state index contributed by atoms with van der Waals surface area (Å²) in [7, 11) is 2.00. The van der Waals surface area contributed by atoms with Gasteiger partial charge < -0.3 is 5.73 Å². The first-order valence-electron chi connectivity index (χ1n) is 5.94. The van der Waals surface area contributed by atoms with Crippen LogP contribution in [0, 0.1) is 5.82 Å². The Labute approximate surface area is 121 Å². The van der Waals surface area contributed by atoms with Gasteiger partial charge in [0, 0.05) is 22.6 Å². The van der Waals surface area contributed by atoms with Gasteiger partial charge in [-0.1, -0.05) is 22.0 Å². The highest BCUT2D eigenvalue weighted by molar-refractivity contribution is 9.10. The fourth-order valence-corrected chi connectivity index (χ4v) is 2.68. The molecule has 0 spiro atoms. The molecule has 0 aliphatic heterocycles. The number of rotatable bonds is 7. The Kier molecular flexibility index (Phi) is 7.22. The third-order valence-electron chi connectivity index (χ3n) is 2.94. The van der Waals surface area contributed by atoms with Crippen LogP contribution in [-0.2, 0) is 0 Å². The molecule has 2 N–H and O–H groups in total. The second kappa shape index (κ2) is 8.15. The Morgan fingerprint density at radius 3 is 2.78 bits per heavy atom. The van der Waals surface area contributed by atoms with Crippen molar-refractivity contribution in [3.05, 3.63) is 34.1 Å². The summed E-state index contributed by atoms with van der Waals surface area (Å²) in [5.41, 5.74) is 6.47. The van der Waals surface area contributed by atoms with Gasteiger partial charge in [0.05, 0.1) is 0 Å². The van der Waals surface area contributed by atoms with E-state index in [9.17, 15) is 4.39 Å². The van der Waals surface area contributed by atoms with Gasteiger partial charge in [-0.2, -0.15) is 11.8 Å². The molecule has 0 aliphatic carbocycles. The molecular weight excluding hydrogens is 315 g/mol. The van der Waals surface area contributed by atoms with Crippen LogP contribution < -0.4 is 5.73 Å². The lowest BCUT2D eigenvalue weighted by Crippen LogP contribution is -2.32. The number of hydrogen-bond donors (Lipinski definition) is 1. The maximum absolute atomic E-state index is 13.9. The Hall–Kier alpha value is -0.100. The number of likely N-dealkylation sites (N-methyl/N-ethyl adjacent to an activating group) is 1. The van der Waals surface area contributed by atoms with Gasteiger partial charge in [-0.3, -0.25) is 4.90 Å². The zero-order chi connectivity index (χ0) is 13.5. The minimum absolute atomic E-state index is 0.0556. The van der Waals surface area contributed by atoms with Crippen molar-refractivity contribution < 1.29 is 4.39 Å². The van der Waals surface area contributed by atoms with E-state index in [4.69, 9.17) is 5.73 Å². The van der Waals surface area contributed by atoms with Crippen LogP contribution in [0.4, 0.5) is 4.39 Å². The average Bonchev–Trinajstić information content (AvgIpc) is 2.33. The number of benzene rings is 1. The lowest BCUT2D eigenvalue weighted by atomic mass is 10.0. The summed E-state index contributed by atoms with van der Waals surface area (Å²) in [6.07, 6.45) is 3.18. The van der Waals surface area contributed by atoms with E-state index in [1.54, 1.807) is 0 Å². The molecule has 0 radical (unpaired) electrons. The van der Waals surface area contributed by atoms with Gasteiger partial charge >= 0.3 is 0 Å². The van der Waals surface area contributed by atoms with Crippen LogP contribution >= 0.6 is 27.7 Å². The van der Waals surface area contributed by atoms with Crippen LogP contribution in [0.3, 0.4) is 0 Å². The highest BCUT2D eigenvalue weighted by Gasteiger charge is 2.18. The molecule has 0 aromatic heterocycles. The normalized spacial score (nSPS) is 13.0. The van der Waals surface area contributed by atoms with Crippen molar-refractivity contribution >= 4 is 27.7 Å². The SMILES string of the molecule is CSCCCN(C)C(CN)c1ccc(Br)cc1F. The quantitative estimate of drug-likeness (QED) is 0.776. The smallest absolute Gasteiger partial charge is 0.129 e. The molecule has 0 heterocycles. The molecule has 0 saturated heterocycles. The number of thioether (sulfide) groups is 1. The number of nitrogens with two attached hydrogens (primary N) is 1. The van der Waals surface area contributed by atoms with Crippen molar-refractivity contribution in [3.63, 3.8) is 0 Å². The monoisotopic (exact) mass is 334 g/mol. The average molecular weight is 335 g/mol. The van der Waals surface area contributed by atoms with E-state index in [0.717, 1.165) is 23.2 Å². The maximum Gasteiger partial charge on any atom is 0.129 e. The Balaban J connectivity index is 2.75. The molecule has 0 fully saturated rings. The van der Waals surface area contributed by atoms with Gasteiger partial charge in [0.15, 0.2) is 0 Å². The lowest BCUT2D eigenvalue weighted by Gasteiger charge is -2.27. The van der Waals surface area contributed by atoms with Gasteiger partial charge in [-0.15, -0.1) is 0 Å². The van der Waals surface area contributed by atoms with Gasteiger partial charge in [-0.25, -0.2) is 4.39 Å². The van der Waals surface area contributed by atoms with Crippen molar-refractivity contribution in [2.75, 3.05) is 32.1 Å². The summed E-state index contributed by atoms with van der Waals surface area (Å²) in [6.45, 7) is 1.35. The van der Waals surface area contributed by atoms with E-state index in [2.05, 4.69) is 27.1 Å². The minimum atomic E-state index is -0.198. The summed E-state index contributed by atoms with van der Waals surface area (Å²) < 4.78 is 14.7. The van der Waals surface area contributed by atoms with Gasteiger partial charge in [-0.05, 0) is 44.2 Å². The van der Waals surface area contributed by atoms with Crippen LogP contribution in [0.1, 0.15) is 18.0 Å². The summed E-state index contributed by atoms with van der Waals surface area (Å²) in [5, 5.41) is 0. The Bertz CT molecular complexity index is 376. The molecule has 1 unspecified atom stereocenters. The largest absolute Gasteiger partial charge is 0.329 e. The second-order valence-corrected chi connectivity index (χ2v) is 6.15. The highest BCUT2D eigenvalue weighted by Crippen LogP contribution is 2.24. The zero-order valence-electron chi connectivity index (χ0n) is 10.8. The molecule has 0 amide bonds. The molecule has 1 aromatic rings. The molecule has 1 rings (SSSR count). The third-order valence-corrected chi connectivity index (χ3v) is 4.13. The van der Waals surface area contributed by atoms with E-state index in [1.165, 1.54) is 6.07 Å². The van der Waals surface area contributed by atoms with Crippen LogP contribution in [0.25, 0.3) is 0 Å². The van der Waals surface area contributed by atoms with Crippen molar-refractivity contribution in [1.82, 2.24) is 4.90 Å². The molecule has 0 bridgehead atoms. The fraction of sp³-hybridized carbons (Fsp3) is 0.538. The predicted molar refractivity (Wildman–Crippen MR) is 81.5 cm³/mol. The predicted octanol–water partition coefficient (Wildman–Crippen LogP) is 3.27. The molecule has 18 heavy (non-hydrogen) atoms. The molecule has 1 atom stereocenters. The zero-order valence-corrected chi connectivity index (χ0v) is 13.2. The van der Waals surface area contributed by atoms with Gasteiger partial charge in [0.2, 0.25) is 0 Å². The maximum atomic E-state index is 13.9. The number of hydrogen-bond acceptors (Lipinski definition) is 3. The number of halogens is 2. The molecule has 0 saturated carbocycles. The first kappa shape index (κ1) is 16.0. The third kappa shape index (κ3) is 4.53. The summed E-state index contributed by atoms with van der Waals surface area (Å²) in [5.74, 6) is 0.918. The van der Waals surface area contributed by atoms with Gasteiger partial charge in [0.25, 0.3) is 0 Å². The number of nitrogens with zero attached hydrogens (tertiary/aromatic N) is 1. The lowest BCUT2D eigenvalue weighted by molar-refractivity contribution is 0.246. The highest BCUT2D eigenvalue weighted by atomic mass is 79.9. The van der Waals surface area contributed by atoms with Crippen molar-refractivity contribution in [2.45, 2.75) is 12.5 Å². The van der Waals surface area contributed by atoms with Crippen LogP contribution in [0.5, 0.6) is 0 Å². The van der Waals surface area contributed by atoms with E-state index < -0.39 is 0 Å². The van der Waals surface area contributed by atoms with Crippen molar-refractivity contribution in [3.8, 4) is 0 Å². The second-order valence-electron chi connectivity index (χ2n) is 4.24. The first-order chi connectivity index (χ1) is 8.60. The molecule has 102 valence electrons. The van der Waals surface area contributed by atoms with Crippen molar-refractivity contribution in [1.29, 1.82) is 0 Å². The Morgan fingerprint density at radius 1 is 1.50 bits per heavy atom. The van der Waals surface area contributed by atoms with Crippen molar-refractivity contribution in [2.24, 2.45) is 5.73 Å². The summed E-state index contributed by atoms with van der Waals surface area (Å²) in [6, 6.07) is 5.10.